The Bertz CT molecular complexity index is 999. The van der Waals surface area contributed by atoms with Gasteiger partial charge in [-0.25, -0.2) is 4.79 Å². The van der Waals surface area contributed by atoms with E-state index in [1.807, 2.05) is 24.3 Å². The van der Waals surface area contributed by atoms with Crippen molar-refractivity contribution in [1.82, 2.24) is 4.98 Å². The zero-order valence-electron chi connectivity index (χ0n) is 13.7. The van der Waals surface area contributed by atoms with E-state index < -0.39 is 6.09 Å². The van der Waals surface area contributed by atoms with Gasteiger partial charge in [-0.2, -0.15) is 0 Å². The number of carbonyl (C=O) groups is 1. The molecule has 0 aliphatic heterocycles. The van der Waals surface area contributed by atoms with Crippen LogP contribution in [0.4, 0.5) is 10.6 Å². The molecule has 3 aromatic rings. The molecular weight excluding hydrogens is 396 g/mol. The fraction of sp³-hybridized carbons (Fsp3) is 0.100. The molecule has 0 unspecified atom stereocenters. The monoisotopic (exact) mass is 410 g/mol. The van der Waals surface area contributed by atoms with Crippen molar-refractivity contribution in [2.45, 2.75) is 5.92 Å². The molecule has 26 heavy (non-hydrogen) atoms. The van der Waals surface area contributed by atoms with Gasteiger partial charge in [0.25, 0.3) is 5.56 Å². The maximum atomic E-state index is 12.1. The molecule has 0 saturated heterocycles. The van der Waals surface area contributed by atoms with Crippen LogP contribution in [0, 0.1) is 0 Å². The van der Waals surface area contributed by atoms with E-state index >= 15 is 0 Å². The summed E-state index contributed by atoms with van der Waals surface area (Å²) in [4.78, 5) is 26.2. The summed E-state index contributed by atoms with van der Waals surface area (Å²) in [6.07, 6.45) is -0.607. The lowest BCUT2D eigenvalue weighted by atomic mass is 9.98. The molecule has 4 rings (SSSR count). The molecule has 1 heterocycles. The summed E-state index contributed by atoms with van der Waals surface area (Å²) in [5, 5.41) is 2.54. The summed E-state index contributed by atoms with van der Waals surface area (Å²) in [6, 6.07) is 19.5. The van der Waals surface area contributed by atoms with Gasteiger partial charge in [0.1, 0.15) is 12.4 Å². The maximum absolute atomic E-state index is 12.1. The number of aromatic nitrogens is 1. The van der Waals surface area contributed by atoms with Gasteiger partial charge in [-0.05, 0) is 50.3 Å². The summed E-state index contributed by atoms with van der Waals surface area (Å²) in [6.45, 7) is 0.223. The summed E-state index contributed by atoms with van der Waals surface area (Å²) in [5.41, 5.74) is 4.34. The smallest absolute Gasteiger partial charge is 0.412 e. The van der Waals surface area contributed by atoms with Crippen LogP contribution in [0.25, 0.3) is 11.1 Å². The largest absolute Gasteiger partial charge is 0.448 e. The number of nitrogens with one attached hydrogen (secondary N) is 2. The number of pyridine rings is 1. The Morgan fingerprint density at radius 2 is 1.62 bits per heavy atom. The molecule has 0 spiro atoms. The van der Waals surface area contributed by atoms with Crippen LogP contribution in [0.5, 0.6) is 0 Å². The van der Waals surface area contributed by atoms with Crippen molar-refractivity contribution in [3.8, 4) is 11.1 Å². The van der Waals surface area contributed by atoms with Crippen LogP contribution in [0.15, 0.2) is 69.9 Å². The molecule has 1 aromatic heterocycles. The summed E-state index contributed by atoms with van der Waals surface area (Å²) >= 11 is 3.11. The fourth-order valence-electron chi connectivity index (χ4n) is 3.27. The number of H-pyrrole nitrogens is 1. The highest BCUT2D eigenvalue weighted by molar-refractivity contribution is 9.10. The molecular formula is C20H15BrN2O3. The number of rotatable bonds is 3. The van der Waals surface area contributed by atoms with Crippen molar-refractivity contribution >= 4 is 27.8 Å². The standard InChI is InChI=1S/C20H15BrN2O3/c21-17-9-10-18(22-19(17)24)23-20(25)26-11-16-14-7-3-1-5-12(14)13-6-2-4-8-15(13)16/h1-10,16H,11H2,(H2,22,23,24,25). The van der Waals surface area contributed by atoms with E-state index in [0.29, 0.717) is 4.47 Å². The molecule has 2 aromatic carbocycles. The minimum Gasteiger partial charge on any atom is -0.448 e. The third-order valence-corrected chi connectivity index (χ3v) is 5.07. The van der Waals surface area contributed by atoms with Crippen LogP contribution in [0.1, 0.15) is 17.0 Å². The molecule has 0 saturated carbocycles. The lowest BCUT2D eigenvalue weighted by molar-refractivity contribution is 0.158. The number of benzene rings is 2. The third-order valence-electron chi connectivity index (χ3n) is 4.44. The average molecular weight is 411 g/mol. The molecule has 130 valence electrons. The van der Waals surface area contributed by atoms with E-state index in [4.69, 9.17) is 4.74 Å². The van der Waals surface area contributed by atoms with Gasteiger partial charge in [0, 0.05) is 5.92 Å². The Hall–Kier alpha value is -2.86. The van der Waals surface area contributed by atoms with Gasteiger partial charge >= 0.3 is 6.09 Å². The Kier molecular flexibility index (Phi) is 4.34. The first-order valence-electron chi connectivity index (χ1n) is 8.14. The zero-order valence-corrected chi connectivity index (χ0v) is 15.2. The van der Waals surface area contributed by atoms with Gasteiger partial charge in [-0.1, -0.05) is 48.5 Å². The number of hydrogen-bond acceptors (Lipinski definition) is 3. The number of fused-ring (bicyclic) bond motifs is 3. The Morgan fingerprint density at radius 1 is 1.00 bits per heavy atom. The molecule has 5 nitrogen and oxygen atoms in total. The number of aromatic amines is 1. The fourth-order valence-corrected chi connectivity index (χ4v) is 3.50. The predicted octanol–water partition coefficient (Wildman–Crippen LogP) is 4.50. The van der Waals surface area contributed by atoms with Crippen LogP contribution in [0.2, 0.25) is 0 Å². The van der Waals surface area contributed by atoms with E-state index in [1.165, 1.54) is 11.1 Å². The van der Waals surface area contributed by atoms with Crippen LogP contribution in [-0.4, -0.2) is 17.7 Å². The molecule has 0 bridgehead atoms. The Morgan fingerprint density at radius 3 is 2.23 bits per heavy atom. The van der Waals surface area contributed by atoms with E-state index in [0.717, 1.165) is 11.1 Å². The third kappa shape index (κ3) is 3.04. The lowest BCUT2D eigenvalue weighted by Crippen LogP contribution is -2.20. The first kappa shape index (κ1) is 16.6. The van der Waals surface area contributed by atoms with E-state index in [1.54, 1.807) is 12.1 Å². The molecule has 1 aliphatic rings. The van der Waals surface area contributed by atoms with Gasteiger partial charge in [-0.3, -0.25) is 10.1 Å². The summed E-state index contributed by atoms with van der Waals surface area (Å²) in [7, 11) is 0. The average Bonchev–Trinajstić information content (AvgIpc) is 2.97. The van der Waals surface area contributed by atoms with Crippen molar-refractivity contribution in [2.75, 3.05) is 11.9 Å². The maximum Gasteiger partial charge on any atom is 0.412 e. The SMILES string of the molecule is O=C(Nc1ccc(Br)c(=O)[nH]1)OCC1c2ccccc2-c2ccccc21. The highest BCUT2D eigenvalue weighted by Crippen LogP contribution is 2.44. The number of anilines is 1. The van der Waals surface area contributed by atoms with Crippen molar-refractivity contribution in [1.29, 1.82) is 0 Å². The van der Waals surface area contributed by atoms with E-state index in [2.05, 4.69) is 50.5 Å². The Labute approximate surface area is 158 Å². The van der Waals surface area contributed by atoms with Crippen LogP contribution in [-0.2, 0) is 4.74 Å². The summed E-state index contributed by atoms with van der Waals surface area (Å²) < 4.78 is 5.83. The zero-order chi connectivity index (χ0) is 18.1. The first-order chi connectivity index (χ1) is 12.6. The molecule has 6 heteroatoms. The van der Waals surface area contributed by atoms with Gasteiger partial charge < -0.3 is 9.72 Å². The molecule has 0 fully saturated rings. The first-order valence-corrected chi connectivity index (χ1v) is 8.93. The Balaban J connectivity index is 1.50. The summed E-state index contributed by atoms with van der Waals surface area (Å²) in [5.74, 6) is 0.285. The van der Waals surface area contributed by atoms with Crippen LogP contribution in [0.3, 0.4) is 0 Å². The van der Waals surface area contributed by atoms with Gasteiger partial charge in [0.2, 0.25) is 0 Å². The number of halogens is 1. The quantitative estimate of drug-likeness (QED) is 0.667. The number of amides is 1. The number of carbonyl (C=O) groups excluding carboxylic acids is 1. The van der Waals surface area contributed by atoms with Crippen molar-refractivity contribution in [3.05, 3.63) is 86.6 Å². The molecule has 1 amide bonds. The second-order valence-electron chi connectivity index (χ2n) is 6.00. The minimum absolute atomic E-state index is 0.00267. The van der Waals surface area contributed by atoms with Crippen LogP contribution >= 0.6 is 15.9 Å². The topological polar surface area (TPSA) is 71.2 Å². The van der Waals surface area contributed by atoms with E-state index in [9.17, 15) is 9.59 Å². The predicted molar refractivity (Wildman–Crippen MR) is 103 cm³/mol. The van der Waals surface area contributed by atoms with Crippen molar-refractivity contribution in [3.63, 3.8) is 0 Å². The normalized spacial score (nSPS) is 12.3. The molecule has 1 aliphatic carbocycles. The number of ether oxygens (including phenoxy) is 1. The second-order valence-corrected chi connectivity index (χ2v) is 6.85. The molecule has 0 atom stereocenters. The van der Waals surface area contributed by atoms with E-state index in [-0.39, 0.29) is 23.9 Å². The second kappa shape index (κ2) is 6.80. The highest BCUT2D eigenvalue weighted by atomic mass is 79.9. The van der Waals surface area contributed by atoms with Gasteiger partial charge in [0.15, 0.2) is 0 Å². The van der Waals surface area contributed by atoms with Crippen molar-refractivity contribution in [2.24, 2.45) is 0 Å². The lowest BCUT2D eigenvalue weighted by Gasteiger charge is -2.14. The van der Waals surface area contributed by atoms with Crippen molar-refractivity contribution < 1.29 is 9.53 Å². The molecule has 0 radical (unpaired) electrons. The van der Waals surface area contributed by atoms with Gasteiger partial charge in [-0.15, -0.1) is 0 Å². The number of hydrogen-bond donors (Lipinski definition) is 2. The molecule has 2 N–H and O–H groups in total. The van der Waals surface area contributed by atoms with Crippen LogP contribution < -0.4 is 10.9 Å². The van der Waals surface area contributed by atoms with Gasteiger partial charge in [0.05, 0.1) is 4.47 Å². The highest BCUT2D eigenvalue weighted by Gasteiger charge is 2.28. The minimum atomic E-state index is -0.607.